The van der Waals surface area contributed by atoms with E-state index < -0.39 is 17.5 Å². The largest absolute Gasteiger partial charge is 0.476 e. The van der Waals surface area contributed by atoms with Crippen molar-refractivity contribution in [3.05, 3.63) is 80.6 Å². The van der Waals surface area contributed by atoms with Crippen LogP contribution in [-0.2, 0) is 4.74 Å². The van der Waals surface area contributed by atoms with E-state index in [-0.39, 0.29) is 70.3 Å². The highest BCUT2D eigenvalue weighted by Crippen LogP contribution is 2.49. The Bertz CT molecular complexity index is 2520. The van der Waals surface area contributed by atoms with E-state index in [0.29, 0.717) is 58.1 Å². The first-order valence-corrected chi connectivity index (χ1v) is 25.5. The summed E-state index contributed by atoms with van der Waals surface area (Å²) in [5.41, 5.74) is 2.42. The number of carboxylic acids is 1. The summed E-state index contributed by atoms with van der Waals surface area (Å²) in [5, 5.41) is 9.57. The molecule has 2 saturated carbocycles. The molecule has 2 aliphatic carbocycles. The molecule has 70 heavy (non-hydrogen) atoms. The number of piperidine rings is 2. The smallest absolute Gasteiger partial charge is 0.362 e. The lowest BCUT2D eigenvalue weighted by molar-refractivity contribution is 0.0247. The van der Waals surface area contributed by atoms with E-state index in [2.05, 4.69) is 61.3 Å². The first-order chi connectivity index (χ1) is 31.5. The molecular weight excluding hydrogens is 900 g/mol. The molecule has 1 N–H and O–H groups in total. The van der Waals surface area contributed by atoms with Crippen LogP contribution in [0.15, 0.2) is 58.1 Å². The molecule has 0 radical (unpaired) electrons. The number of nitrogens with zero attached hydrogens (tertiary/aromatic N) is 6. The molecule has 13 heteroatoms. The van der Waals surface area contributed by atoms with Crippen LogP contribution < -0.4 is 11.1 Å². The third-order valence-electron chi connectivity index (χ3n) is 17.2. The molecule has 2 aromatic carbocycles. The second-order valence-electron chi connectivity index (χ2n) is 22.9. The Morgan fingerprint density at radius 1 is 0.543 bits per heavy atom. The zero-order valence-electron chi connectivity index (χ0n) is 41.0. The summed E-state index contributed by atoms with van der Waals surface area (Å²) in [6.45, 7) is 16.2. The molecule has 4 saturated heterocycles. The van der Waals surface area contributed by atoms with E-state index in [1.807, 2.05) is 47.0 Å². The van der Waals surface area contributed by atoms with Crippen LogP contribution in [0.1, 0.15) is 207 Å². The van der Waals surface area contributed by atoms with Crippen molar-refractivity contribution >= 4 is 46.4 Å². The van der Waals surface area contributed by atoms with Crippen LogP contribution in [0.3, 0.4) is 0 Å². The van der Waals surface area contributed by atoms with Crippen LogP contribution in [0, 0.1) is 22.7 Å². The number of para-hydroxylation sites is 4. The van der Waals surface area contributed by atoms with Gasteiger partial charge in [0.1, 0.15) is 0 Å². The molecule has 12 nitrogen and oxygen atoms in total. The third-order valence-corrected chi connectivity index (χ3v) is 17.2. The van der Waals surface area contributed by atoms with Gasteiger partial charge in [-0.25, -0.2) is 19.6 Å². The van der Waals surface area contributed by atoms with Crippen molar-refractivity contribution in [3.8, 4) is 0 Å². The van der Waals surface area contributed by atoms with E-state index in [4.69, 9.17) is 4.74 Å². The van der Waals surface area contributed by atoms with E-state index >= 15 is 0 Å². The summed E-state index contributed by atoms with van der Waals surface area (Å²) in [4.78, 5) is 65.1. The zero-order chi connectivity index (χ0) is 46.7. The molecule has 0 spiro atoms. The standard InChI is InChI=1S/C28H39N3O3.C26H35N3O3.3CH4.ClH/c1-5-34-27(33)25-26(32)31(24-9-7-6-8-23(24)29-25)22-16-20-14-15-21(17-22)30(20)19-12-10-18(11-13-19)28(2,3)4;1-26(2,3)16-8-10-17(11-9-16)28-18-12-13-19(28)15-20(14-18)29-22-7-5-4-6-21(22)27-23(24(29)30)25(31)32;;;;/h6-9,18-22H,5,10-17H2,1-4H3;4-7,16-20H,8-15H2,1-3H3,(H,31,32);3*1H4;1H/t18?,19?,20-,21+,22?;16?,17?,18-,19+,20?;;;;. The van der Waals surface area contributed by atoms with Gasteiger partial charge in [0.2, 0.25) is 11.4 Å². The van der Waals surface area contributed by atoms with Crippen LogP contribution in [0.4, 0.5) is 0 Å². The number of benzene rings is 2. The molecule has 10 rings (SSSR count). The highest BCUT2D eigenvalue weighted by molar-refractivity contribution is 5.90. The number of rotatable bonds is 7. The topological polar surface area (TPSA) is 140 Å². The summed E-state index contributed by atoms with van der Waals surface area (Å²) >= 11 is 0. The fraction of sp³-hybridized carbons (Fsp3) is 0.684. The Kier molecular flexibility index (Phi) is 18.4. The molecule has 6 heterocycles. The highest BCUT2D eigenvalue weighted by atomic mass is 35.5. The Morgan fingerprint density at radius 3 is 1.21 bits per heavy atom. The van der Waals surface area contributed by atoms with Crippen LogP contribution in [0.25, 0.3) is 22.1 Å². The van der Waals surface area contributed by atoms with Gasteiger partial charge in [-0.05, 0) is 157 Å². The van der Waals surface area contributed by atoms with Gasteiger partial charge in [0.15, 0.2) is 0 Å². The van der Waals surface area contributed by atoms with Gasteiger partial charge in [-0.2, -0.15) is 0 Å². The summed E-state index contributed by atoms with van der Waals surface area (Å²) in [7, 11) is 0. The number of fused-ring (bicyclic) bond motifs is 6. The number of carbonyl (C=O) groups is 2. The van der Waals surface area contributed by atoms with Crippen LogP contribution in [0.5, 0.6) is 0 Å². The normalized spacial score (nSPS) is 28.8. The molecule has 4 aromatic rings. The maximum atomic E-state index is 13.5. The van der Waals surface area contributed by atoms with Gasteiger partial charge in [0.25, 0.3) is 11.1 Å². The Morgan fingerprint density at radius 2 is 0.871 bits per heavy atom. The maximum Gasteiger partial charge on any atom is 0.362 e. The molecule has 6 aliphatic rings. The molecular formula is C57H87ClN6O6. The Hall–Kier alpha value is -4.13. The van der Waals surface area contributed by atoms with Crippen molar-refractivity contribution in [3.63, 3.8) is 0 Å². The second-order valence-corrected chi connectivity index (χ2v) is 22.9. The van der Waals surface area contributed by atoms with Crippen molar-refractivity contribution in [2.45, 2.75) is 222 Å². The third kappa shape index (κ3) is 11.1. The minimum Gasteiger partial charge on any atom is -0.476 e. The molecule has 4 aliphatic heterocycles. The van der Waals surface area contributed by atoms with Gasteiger partial charge in [-0.1, -0.05) is 88.1 Å². The summed E-state index contributed by atoms with van der Waals surface area (Å²) in [5.74, 6) is -0.235. The van der Waals surface area contributed by atoms with E-state index in [1.165, 1.54) is 77.0 Å². The van der Waals surface area contributed by atoms with Crippen LogP contribution in [0.2, 0.25) is 0 Å². The fourth-order valence-corrected chi connectivity index (χ4v) is 14.0. The lowest BCUT2D eigenvalue weighted by Gasteiger charge is -2.47. The molecule has 0 amide bonds. The number of carbonyl (C=O) groups excluding carboxylic acids is 1. The van der Waals surface area contributed by atoms with Gasteiger partial charge >= 0.3 is 11.9 Å². The highest BCUT2D eigenvalue weighted by Gasteiger charge is 2.48. The van der Waals surface area contributed by atoms with Gasteiger partial charge in [0, 0.05) is 48.3 Å². The second kappa shape index (κ2) is 22.7. The monoisotopic (exact) mass is 987 g/mol. The number of esters is 1. The van der Waals surface area contributed by atoms with Crippen LogP contribution >= 0.6 is 12.4 Å². The van der Waals surface area contributed by atoms with E-state index in [1.54, 1.807) is 17.6 Å². The summed E-state index contributed by atoms with van der Waals surface area (Å²) < 4.78 is 8.78. The van der Waals surface area contributed by atoms with Crippen LogP contribution in [-0.4, -0.2) is 88.8 Å². The number of ether oxygens (including phenoxy) is 1. The molecule has 2 aromatic heterocycles. The Balaban J connectivity index is 0.000000247. The van der Waals surface area contributed by atoms with Gasteiger partial charge in [-0.15, -0.1) is 12.4 Å². The van der Waals surface area contributed by atoms with Crippen molar-refractivity contribution < 1.29 is 19.4 Å². The number of hydrogen-bond acceptors (Lipinski definition) is 9. The van der Waals surface area contributed by atoms with Crippen molar-refractivity contribution in [1.82, 2.24) is 28.9 Å². The number of aromatic carboxylic acids is 1. The average Bonchev–Trinajstić information content (AvgIpc) is 3.71. The van der Waals surface area contributed by atoms with Gasteiger partial charge in [-0.3, -0.25) is 19.4 Å². The average molecular weight is 988 g/mol. The summed E-state index contributed by atoms with van der Waals surface area (Å²) in [6.07, 6.45) is 19.0. The quantitative estimate of drug-likeness (QED) is 0.178. The summed E-state index contributed by atoms with van der Waals surface area (Å²) in [6, 6.07) is 18.6. The first kappa shape index (κ1) is 56.8. The van der Waals surface area contributed by atoms with Crippen molar-refractivity contribution in [2.24, 2.45) is 22.7 Å². The number of hydrogen-bond donors (Lipinski definition) is 1. The predicted octanol–water partition coefficient (Wildman–Crippen LogP) is 12.5. The first-order valence-electron chi connectivity index (χ1n) is 25.5. The SMILES string of the molecule is C.C.C.CC(C)(C)C1CCC(N2[C@@H]3CC[C@H]2CC(n2c(=O)c(C(=O)O)nc4ccccc42)C3)CC1.CCOC(=O)c1nc2ccccc2n(C2C[C@H]3CC[C@@H](C2)N3C2CCC(C(C)(C)C)CC2)c1=O.Cl. The number of carboxylic acid groups (broad SMARTS) is 1. The van der Waals surface area contributed by atoms with Crippen molar-refractivity contribution in [2.75, 3.05) is 6.61 Å². The lowest BCUT2D eigenvalue weighted by Crippen LogP contribution is -2.51. The minimum absolute atomic E-state index is 0. The number of aromatic nitrogens is 4. The Labute approximate surface area is 424 Å². The molecule has 2 unspecified atom stereocenters. The zero-order valence-corrected chi connectivity index (χ0v) is 41.8. The maximum absolute atomic E-state index is 13.5. The molecule has 6 atom stereocenters. The molecule has 6 fully saturated rings. The molecule has 388 valence electrons. The van der Waals surface area contributed by atoms with E-state index in [0.717, 1.165) is 48.6 Å². The molecule has 4 bridgehead atoms. The van der Waals surface area contributed by atoms with Crippen molar-refractivity contribution in [1.29, 1.82) is 0 Å². The fourth-order valence-electron chi connectivity index (χ4n) is 14.0. The minimum atomic E-state index is -1.24. The number of halogens is 1. The lowest BCUT2D eigenvalue weighted by atomic mass is 9.71. The van der Waals surface area contributed by atoms with Gasteiger partial charge < -0.3 is 19.0 Å². The van der Waals surface area contributed by atoms with E-state index in [9.17, 15) is 24.3 Å². The predicted molar refractivity (Wildman–Crippen MR) is 287 cm³/mol. The van der Waals surface area contributed by atoms with Gasteiger partial charge in [0.05, 0.1) is 28.7 Å².